The number of benzene rings is 2. The van der Waals surface area contributed by atoms with Crippen molar-refractivity contribution < 1.29 is 4.79 Å². The Morgan fingerprint density at radius 1 is 1.00 bits per heavy atom. The van der Waals surface area contributed by atoms with Gasteiger partial charge in [-0.15, -0.1) is 0 Å². The lowest BCUT2D eigenvalue weighted by Crippen LogP contribution is -2.14. The summed E-state index contributed by atoms with van der Waals surface area (Å²) in [5.41, 5.74) is 4.74. The molecule has 3 heteroatoms. The van der Waals surface area contributed by atoms with Crippen LogP contribution in [0.2, 0.25) is 0 Å². The number of aryl methyl sites for hydroxylation is 3. The Balaban J connectivity index is 2.28. The number of nitrogens with one attached hydrogen (secondary N) is 1. The molecule has 0 heterocycles. The summed E-state index contributed by atoms with van der Waals surface area (Å²) in [6.45, 7) is 5.95. The smallest absolute Gasteiger partial charge is 0.255 e. The van der Waals surface area contributed by atoms with Crippen LogP contribution >= 0.6 is 15.9 Å². The summed E-state index contributed by atoms with van der Waals surface area (Å²) in [7, 11) is 0. The first-order valence-electron chi connectivity index (χ1n) is 6.12. The normalized spacial score (nSPS) is 10.3. The van der Waals surface area contributed by atoms with Crippen LogP contribution in [-0.2, 0) is 0 Å². The molecule has 0 bridgehead atoms. The molecule has 0 unspecified atom stereocenters. The van der Waals surface area contributed by atoms with Gasteiger partial charge < -0.3 is 5.32 Å². The fourth-order valence-electron chi connectivity index (χ4n) is 1.99. The van der Waals surface area contributed by atoms with Crippen molar-refractivity contribution in [3.8, 4) is 0 Å². The highest BCUT2D eigenvalue weighted by Crippen LogP contribution is 2.22. The average molecular weight is 318 g/mol. The van der Waals surface area contributed by atoms with E-state index in [1.54, 1.807) is 0 Å². The van der Waals surface area contributed by atoms with Crippen molar-refractivity contribution in [2.75, 3.05) is 5.32 Å². The molecule has 98 valence electrons. The lowest BCUT2D eigenvalue weighted by molar-refractivity contribution is 0.102. The van der Waals surface area contributed by atoms with Gasteiger partial charge in [0.15, 0.2) is 0 Å². The monoisotopic (exact) mass is 317 g/mol. The molecule has 0 aliphatic rings. The van der Waals surface area contributed by atoms with E-state index in [1.165, 1.54) is 0 Å². The van der Waals surface area contributed by atoms with E-state index in [0.29, 0.717) is 5.56 Å². The molecule has 0 saturated carbocycles. The summed E-state index contributed by atoms with van der Waals surface area (Å²) in [4.78, 5) is 12.3. The Hall–Kier alpha value is -1.61. The molecule has 2 rings (SSSR count). The summed E-state index contributed by atoms with van der Waals surface area (Å²) < 4.78 is 0.953. The van der Waals surface area contributed by atoms with Crippen molar-refractivity contribution >= 4 is 27.5 Å². The van der Waals surface area contributed by atoms with Gasteiger partial charge in [-0.2, -0.15) is 0 Å². The van der Waals surface area contributed by atoms with Gasteiger partial charge in [0, 0.05) is 15.7 Å². The van der Waals surface area contributed by atoms with Crippen LogP contribution < -0.4 is 5.32 Å². The van der Waals surface area contributed by atoms with Crippen LogP contribution in [0.15, 0.2) is 40.9 Å². The summed E-state index contributed by atoms with van der Waals surface area (Å²) in [6.07, 6.45) is 0. The Kier molecular flexibility index (Phi) is 4.05. The number of hydrogen-bond acceptors (Lipinski definition) is 1. The van der Waals surface area contributed by atoms with E-state index in [2.05, 4.69) is 21.2 Å². The van der Waals surface area contributed by atoms with Gasteiger partial charge in [0.05, 0.1) is 0 Å². The summed E-state index contributed by atoms with van der Waals surface area (Å²) >= 11 is 3.42. The Morgan fingerprint density at radius 3 is 2.42 bits per heavy atom. The number of carbonyl (C=O) groups is 1. The maximum Gasteiger partial charge on any atom is 0.255 e. The van der Waals surface area contributed by atoms with E-state index in [4.69, 9.17) is 0 Å². The highest BCUT2D eigenvalue weighted by Gasteiger charge is 2.10. The predicted molar refractivity (Wildman–Crippen MR) is 82.7 cm³/mol. The highest BCUT2D eigenvalue weighted by molar-refractivity contribution is 9.10. The molecule has 0 fully saturated rings. The Morgan fingerprint density at radius 2 is 1.74 bits per heavy atom. The van der Waals surface area contributed by atoms with Crippen LogP contribution in [0.3, 0.4) is 0 Å². The third kappa shape index (κ3) is 3.24. The van der Waals surface area contributed by atoms with Gasteiger partial charge in [0.25, 0.3) is 5.91 Å². The van der Waals surface area contributed by atoms with Gasteiger partial charge in [-0.05, 0) is 50.1 Å². The van der Waals surface area contributed by atoms with Crippen LogP contribution in [-0.4, -0.2) is 5.91 Å². The van der Waals surface area contributed by atoms with Crippen LogP contribution in [0, 0.1) is 20.8 Å². The van der Waals surface area contributed by atoms with E-state index < -0.39 is 0 Å². The van der Waals surface area contributed by atoms with E-state index >= 15 is 0 Å². The van der Waals surface area contributed by atoms with E-state index in [1.807, 2.05) is 57.2 Å². The Bertz CT molecular complexity index is 635. The molecule has 2 aromatic carbocycles. The van der Waals surface area contributed by atoms with Crippen molar-refractivity contribution in [1.29, 1.82) is 0 Å². The summed E-state index contributed by atoms with van der Waals surface area (Å²) in [5.74, 6) is -0.0706. The van der Waals surface area contributed by atoms with Crippen LogP contribution in [0.4, 0.5) is 5.69 Å². The first-order chi connectivity index (χ1) is 8.97. The molecule has 0 aromatic heterocycles. The first kappa shape index (κ1) is 13.8. The van der Waals surface area contributed by atoms with Crippen LogP contribution in [0.25, 0.3) is 0 Å². The standard InChI is InChI=1S/C16H16BrNO/c1-10-4-7-14(12(3)8-10)16(19)18-15-9-13(17)6-5-11(15)2/h4-9H,1-3H3,(H,18,19). The zero-order chi connectivity index (χ0) is 14.0. The maximum absolute atomic E-state index is 12.3. The number of amides is 1. The topological polar surface area (TPSA) is 29.1 Å². The minimum atomic E-state index is -0.0706. The second-order valence-corrected chi connectivity index (χ2v) is 5.65. The van der Waals surface area contributed by atoms with E-state index in [9.17, 15) is 4.79 Å². The fourth-order valence-corrected chi connectivity index (χ4v) is 2.35. The number of halogens is 1. The van der Waals surface area contributed by atoms with Crippen LogP contribution in [0.1, 0.15) is 27.0 Å². The molecule has 0 radical (unpaired) electrons. The quantitative estimate of drug-likeness (QED) is 0.859. The molecule has 0 atom stereocenters. The minimum absolute atomic E-state index is 0.0706. The highest BCUT2D eigenvalue weighted by atomic mass is 79.9. The molecular weight excluding hydrogens is 302 g/mol. The lowest BCUT2D eigenvalue weighted by atomic mass is 10.0. The lowest BCUT2D eigenvalue weighted by Gasteiger charge is -2.11. The number of rotatable bonds is 2. The first-order valence-corrected chi connectivity index (χ1v) is 6.91. The zero-order valence-electron chi connectivity index (χ0n) is 11.3. The molecule has 1 amide bonds. The second kappa shape index (κ2) is 5.57. The number of carbonyl (C=O) groups excluding carboxylic acids is 1. The zero-order valence-corrected chi connectivity index (χ0v) is 12.8. The third-order valence-electron chi connectivity index (χ3n) is 3.07. The molecular formula is C16H16BrNO. The number of hydrogen-bond donors (Lipinski definition) is 1. The van der Waals surface area contributed by atoms with Gasteiger partial charge in [-0.1, -0.05) is 39.7 Å². The van der Waals surface area contributed by atoms with Gasteiger partial charge >= 0.3 is 0 Å². The van der Waals surface area contributed by atoms with E-state index in [0.717, 1.165) is 26.9 Å². The largest absolute Gasteiger partial charge is 0.322 e. The van der Waals surface area contributed by atoms with Gasteiger partial charge in [-0.25, -0.2) is 0 Å². The van der Waals surface area contributed by atoms with Crippen molar-refractivity contribution in [2.24, 2.45) is 0 Å². The SMILES string of the molecule is Cc1ccc(C(=O)Nc2cc(Br)ccc2C)c(C)c1. The second-order valence-electron chi connectivity index (χ2n) is 4.73. The van der Waals surface area contributed by atoms with Crippen LogP contribution in [0.5, 0.6) is 0 Å². The minimum Gasteiger partial charge on any atom is -0.322 e. The van der Waals surface area contributed by atoms with Gasteiger partial charge in [0.2, 0.25) is 0 Å². The summed E-state index contributed by atoms with van der Waals surface area (Å²) in [5, 5.41) is 2.96. The third-order valence-corrected chi connectivity index (χ3v) is 3.57. The van der Waals surface area contributed by atoms with Crippen molar-refractivity contribution in [1.82, 2.24) is 0 Å². The van der Waals surface area contributed by atoms with Crippen molar-refractivity contribution in [3.63, 3.8) is 0 Å². The molecule has 0 aliphatic carbocycles. The predicted octanol–water partition coefficient (Wildman–Crippen LogP) is 4.63. The molecule has 0 spiro atoms. The molecule has 0 saturated heterocycles. The molecule has 2 aromatic rings. The van der Waals surface area contributed by atoms with E-state index in [-0.39, 0.29) is 5.91 Å². The summed E-state index contributed by atoms with van der Waals surface area (Å²) in [6, 6.07) is 11.7. The molecule has 19 heavy (non-hydrogen) atoms. The van der Waals surface area contributed by atoms with Gasteiger partial charge in [0.1, 0.15) is 0 Å². The maximum atomic E-state index is 12.3. The molecule has 0 aliphatic heterocycles. The van der Waals surface area contributed by atoms with Crippen molar-refractivity contribution in [2.45, 2.75) is 20.8 Å². The number of anilines is 1. The van der Waals surface area contributed by atoms with Gasteiger partial charge in [-0.3, -0.25) is 4.79 Å². The Labute approximate surface area is 122 Å². The fraction of sp³-hybridized carbons (Fsp3) is 0.188. The molecule has 2 nitrogen and oxygen atoms in total. The van der Waals surface area contributed by atoms with Crippen molar-refractivity contribution in [3.05, 3.63) is 63.1 Å². The molecule has 1 N–H and O–H groups in total. The average Bonchev–Trinajstić information content (AvgIpc) is 2.33.